The number of para-hydroxylation sites is 2. The zero-order valence-electron chi connectivity index (χ0n) is 13.7. The molecule has 3 heterocycles. The van der Waals surface area contributed by atoms with E-state index in [0.29, 0.717) is 17.8 Å². The lowest BCUT2D eigenvalue weighted by Gasteiger charge is -2.23. The topological polar surface area (TPSA) is 108 Å². The number of amides is 1. The molecule has 1 fully saturated rings. The van der Waals surface area contributed by atoms with E-state index in [1.54, 1.807) is 0 Å². The normalized spacial score (nSPS) is 20.3. The molecule has 126 valence electrons. The average Bonchev–Trinajstić information content (AvgIpc) is 3.16. The molecule has 0 aliphatic carbocycles. The smallest absolute Gasteiger partial charge is 0.251 e. The van der Waals surface area contributed by atoms with Gasteiger partial charge < -0.3 is 15.7 Å². The molecule has 1 aliphatic rings. The van der Waals surface area contributed by atoms with Gasteiger partial charge in [0, 0.05) is 13.0 Å². The number of rotatable bonds is 2. The Balaban J connectivity index is 1.99. The Labute approximate surface area is 143 Å². The standard InChI is InChI=1S/C18H17N5O2/c1-11-8-15(22-7-6-18(25,10-22)17(20)24)23-14-5-3-2-4-13(14)21-16(23)12(11)9-19/h2-5,8,25H,6-7,10H2,1H3,(H2,20,24). The number of nitrogens with zero attached hydrogens (tertiary/aromatic N) is 4. The van der Waals surface area contributed by atoms with Crippen LogP contribution in [0, 0.1) is 18.3 Å². The van der Waals surface area contributed by atoms with E-state index in [0.717, 1.165) is 22.4 Å². The number of β-amino-alcohol motifs (C(OH)–C–C–N with tert-alkyl or cyclic N) is 1. The van der Waals surface area contributed by atoms with Crippen molar-refractivity contribution in [3.63, 3.8) is 0 Å². The third kappa shape index (κ3) is 2.15. The molecule has 3 aromatic rings. The van der Waals surface area contributed by atoms with Crippen LogP contribution in [0.2, 0.25) is 0 Å². The van der Waals surface area contributed by atoms with Crippen molar-refractivity contribution in [3.05, 3.63) is 41.5 Å². The van der Waals surface area contributed by atoms with Crippen molar-refractivity contribution in [2.24, 2.45) is 5.73 Å². The van der Waals surface area contributed by atoms with Crippen LogP contribution in [0.3, 0.4) is 0 Å². The summed E-state index contributed by atoms with van der Waals surface area (Å²) in [6.07, 6.45) is 0.273. The Morgan fingerprint density at radius 2 is 2.20 bits per heavy atom. The van der Waals surface area contributed by atoms with Gasteiger partial charge in [0.15, 0.2) is 11.2 Å². The number of benzene rings is 1. The van der Waals surface area contributed by atoms with Gasteiger partial charge in [-0.15, -0.1) is 0 Å². The third-order valence-corrected chi connectivity index (χ3v) is 4.90. The molecule has 0 bridgehead atoms. The molecule has 0 spiro atoms. The lowest BCUT2D eigenvalue weighted by molar-refractivity contribution is -0.134. The molecule has 25 heavy (non-hydrogen) atoms. The third-order valence-electron chi connectivity index (χ3n) is 4.90. The fourth-order valence-electron chi connectivity index (χ4n) is 3.49. The van der Waals surface area contributed by atoms with E-state index < -0.39 is 11.5 Å². The summed E-state index contributed by atoms with van der Waals surface area (Å²) in [5.41, 5.74) is 7.37. The summed E-state index contributed by atoms with van der Waals surface area (Å²) in [6, 6.07) is 11.8. The number of anilines is 1. The van der Waals surface area contributed by atoms with E-state index in [-0.39, 0.29) is 13.0 Å². The predicted molar refractivity (Wildman–Crippen MR) is 93.1 cm³/mol. The summed E-state index contributed by atoms with van der Waals surface area (Å²) < 4.78 is 1.91. The molecule has 0 saturated carbocycles. The first-order valence-corrected chi connectivity index (χ1v) is 8.03. The van der Waals surface area contributed by atoms with Gasteiger partial charge in [-0.1, -0.05) is 12.1 Å². The van der Waals surface area contributed by atoms with Crippen LogP contribution < -0.4 is 10.6 Å². The number of fused-ring (bicyclic) bond motifs is 3. The van der Waals surface area contributed by atoms with Crippen molar-refractivity contribution in [2.45, 2.75) is 18.9 Å². The number of nitriles is 1. The minimum Gasteiger partial charge on any atom is -0.378 e. The van der Waals surface area contributed by atoms with Crippen LogP contribution in [0.1, 0.15) is 17.5 Å². The monoisotopic (exact) mass is 335 g/mol. The molecule has 7 nitrogen and oxygen atoms in total. The fraction of sp³-hybridized carbons (Fsp3) is 0.278. The van der Waals surface area contributed by atoms with Crippen LogP contribution >= 0.6 is 0 Å². The summed E-state index contributed by atoms with van der Waals surface area (Å²) in [4.78, 5) is 18.1. The SMILES string of the molecule is Cc1cc(N2CCC(O)(C(N)=O)C2)n2c(nc3ccccc32)c1C#N. The van der Waals surface area contributed by atoms with Gasteiger partial charge in [-0.25, -0.2) is 4.98 Å². The highest BCUT2D eigenvalue weighted by molar-refractivity contribution is 5.87. The van der Waals surface area contributed by atoms with Crippen LogP contribution in [-0.4, -0.2) is 39.1 Å². The molecule has 1 saturated heterocycles. The summed E-state index contributed by atoms with van der Waals surface area (Å²) in [5, 5.41) is 19.9. The van der Waals surface area contributed by atoms with E-state index in [4.69, 9.17) is 5.73 Å². The molecule has 4 rings (SSSR count). The quantitative estimate of drug-likeness (QED) is 0.729. The first-order valence-electron chi connectivity index (χ1n) is 8.03. The number of aliphatic hydroxyl groups is 1. The fourth-order valence-corrected chi connectivity index (χ4v) is 3.49. The Morgan fingerprint density at radius 1 is 1.44 bits per heavy atom. The Kier molecular flexibility index (Phi) is 3.20. The maximum atomic E-state index is 11.6. The second-order valence-electron chi connectivity index (χ2n) is 6.50. The number of primary amides is 1. The molecular formula is C18H17N5O2. The highest BCUT2D eigenvalue weighted by atomic mass is 16.3. The van der Waals surface area contributed by atoms with Gasteiger partial charge in [0.2, 0.25) is 0 Å². The van der Waals surface area contributed by atoms with Crippen LogP contribution in [0.25, 0.3) is 16.7 Å². The molecule has 3 N–H and O–H groups in total. The summed E-state index contributed by atoms with van der Waals surface area (Å²) in [5.74, 6) is 0.0736. The largest absolute Gasteiger partial charge is 0.378 e. The van der Waals surface area contributed by atoms with Gasteiger partial charge in [-0.3, -0.25) is 9.20 Å². The second kappa shape index (κ2) is 5.19. The Hall–Kier alpha value is -3.11. The zero-order valence-corrected chi connectivity index (χ0v) is 13.7. The number of pyridine rings is 1. The minimum absolute atomic E-state index is 0.120. The van der Waals surface area contributed by atoms with Crippen molar-refractivity contribution in [1.29, 1.82) is 5.26 Å². The number of hydrogen-bond acceptors (Lipinski definition) is 5. The highest BCUT2D eigenvalue weighted by Crippen LogP contribution is 2.32. The maximum Gasteiger partial charge on any atom is 0.251 e. The minimum atomic E-state index is -1.54. The van der Waals surface area contributed by atoms with Crippen LogP contribution in [0.5, 0.6) is 0 Å². The van der Waals surface area contributed by atoms with E-state index in [2.05, 4.69) is 11.1 Å². The van der Waals surface area contributed by atoms with Gasteiger partial charge in [0.25, 0.3) is 5.91 Å². The van der Waals surface area contributed by atoms with E-state index in [9.17, 15) is 15.2 Å². The van der Waals surface area contributed by atoms with Crippen molar-refractivity contribution < 1.29 is 9.90 Å². The first-order chi connectivity index (χ1) is 11.9. The lowest BCUT2D eigenvalue weighted by Crippen LogP contribution is -2.46. The van der Waals surface area contributed by atoms with Gasteiger partial charge in [-0.2, -0.15) is 5.26 Å². The van der Waals surface area contributed by atoms with Gasteiger partial charge in [-0.05, 0) is 30.7 Å². The van der Waals surface area contributed by atoms with Crippen LogP contribution in [0.15, 0.2) is 30.3 Å². The molecule has 7 heteroatoms. The summed E-state index contributed by atoms with van der Waals surface area (Å²) in [7, 11) is 0. The maximum absolute atomic E-state index is 11.6. The second-order valence-corrected chi connectivity index (χ2v) is 6.50. The molecule has 1 unspecified atom stereocenters. The highest BCUT2D eigenvalue weighted by Gasteiger charge is 2.42. The van der Waals surface area contributed by atoms with Crippen molar-refractivity contribution >= 4 is 28.4 Å². The number of aryl methyl sites for hydroxylation is 1. The number of carbonyl (C=O) groups is 1. The Bertz CT molecular complexity index is 1060. The van der Waals surface area contributed by atoms with Gasteiger partial charge >= 0.3 is 0 Å². The van der Waals surface area contributed by atoms with Crippen molar-refractivity contribution in [1.82, 2.24) is 9.38 Å². The van der Waals surface area contributed by atoms with E-state index in [1.807, 2.05) is 46.6 Å². The zero-order chi connectivity index (χ0) is 17.8. The first kappa shape index (κ1) is 15.4. The summed E-state index contributed by atoms with van der Waals surface area (Å²) in [6.45, 7) is 2.47. The molecular weight excluding hydrogens is 318 g/mol. The molecule has 1 aliphatic heterocycles. The van der Waals surface area contributed by atoms with E-state index >= 15 is 0 Å². The van der Waals surface area contributed by atoms with Crippen molar-refractivity contribution in [2.75, 3.05) is 18.0 Å². The molecule has 1 amide bonds. The molecule has 1 atom stereocenters. The summed E-state index contributed by atoms with van der Waals surface area (Å²) >= 11 is 0. The van der Waals surface area contributed by atoms with Crippen LogP contribution in [-0.2, 0) is 4.79 Å². The number of hydrogen-bond donors (Lipinski definition) is 2. The molecule has 1 aromatic carbocycles. The van der Waals surface area contributed by atoms with Gasteiger partial charge in [0.05, 0.1) is 23.1 Å². The van der Waals surface area contributed by atoms with E-state index in [1.165, 1.54) is 0 Å². The number of aromatic nitrogens is 2. The lowest BCUT2D eigenvalue weighted by atomic mass is 10.0. The predicted octanol–water partition coefficient (Wildman–Crippen LogP) is 1.09. The number of carbonyl (C=O) groups excluding carboxylic acids is 1. The average molecular weight is 335 g/mol. The van der Waals surface area contributed by atoms with Crippen molar-refractivity contribution in [3.8, 4) is 6.07 Å². The molecule has 0 radical (unpaired) electrons. The van der Waals surface area contributed by atoms with Crippen LogP contribution in [0.4, 0.5) is 5.82 Å². The number of imidazole rings is 1. The van der Waals surface area contributed by atoms with Gasteiger partial charge in [0.1, 0.15) is 11.9 Å². The Morgan fingerprint density at radius 3 is 2.88 bits per heavy atom. The molecule has 2 aromatic heterocycles. The number of nitrogens with two attached hydrogens (primary N) is 1.